The number of benzene rings is 1. The van der Waals surface area contributed by atoms with Crippen molar-refractivity contribution in [2.45, 2.75) is 26.7 Å². The summed E-state index contributed by atoms with van der Waals surface area (Å²) in [5.74, 6) is -0.301. The molecule has 118 valence electrons. The van der Waals surface area contributed by atoms with E-state index >= 15 is 0 Å². The zero-order chi connectivity index (χ0) is 16.6. The molecule has 0 atom stereocenters. The molecule has 0 fully saturated rings. The highest BCUT2D eigenvalue weighted by atomic mass is 35.5. The molecule has 6 heteroatoms. The van der Waals surface area contributed by atoms with Gasteiger partial charge in [0.2, 0.25) is 0 Å². The van der Waals surface area contributed by atoms with Gasteiger partial charge in [-0.3, -0.25) is 0 Å². The molecule has 23 heavy (non-hydrogen) atoms. The van der Waals surface area contributed by atoms with Gasteiger partial charge in [0.25, 0.3) is 0 Å². The van der Waals surface area contributed by atoms with Gasteiger partial charge in [-0.15, -0.1) is 0 Å². The Morgan fingerprint density at radius 3 is 2.57 bits per heavy atom. The number of nitrogens with zero attached hydrogens (tertiary/aromatic N) is 3. The van der Waals surface area contributed by atoms with Crippen molar-refractivity contribution >= 4 is 17.2 Å². The van der Waals surface area contributed by atoms with Gasteiger partial charge < -0.3 is 5.11 Å². The third-order valence-corrected chi connectivity index (χ3v) is 3.92. The standard InChI is InChI=1S/C17H16ClN3O2/c1-3-4-13-16(22)20(12-7-5-11(2)6-8-12)15-10-9-14(18)19-21(15)17(13)23/h5-10H,3-4H2,1-2H3. The summed E-state index contributed by atoms with van der Waals surface area (Å²) in [6, 6.07) is 10.8. The molecule has 3 rings (SSSR count). The van der Waals surface area contributed by atoms with Gasteiger partial charge in [-0.25, -0.2) is 9.36 Å². The van der Waals surface area contributed by atoms with Crippen molar-refractivity contribution in [3.05, 3.63) is 63.0 Å². The van der Waals surface area contributed by atoms with E-state index in [9.17, 15) is 9.90 Å². The molecule has 2 aromatic heterocycles. The van der Waals surface area contributed by atoms with E-state index in [1.807, 2.05) is 38.1 Å². The molecule has 0 unspecified atom stereocenters. The van der Waals surface area contributed by atoms with Crippen molar-refractivity contribution in [3.63, 3.8) is 0 Å². The smallest absolute Gasteiger partial charge is 0.365 e. The Labute approximate surface area is 138 Å². The highest BCUT2D eigenvalue weighted by molar-refractivity contribution is 6.29. The van der Waals surface area contributed by atoms with Crippen LogP contribution in [0.5, 0.6) is 5.88 Å². The Balaban J connectivity index is 2.43. The van der Waals surface area contributed by atoms with Crippen LogP contribution in [0.2, 0.25) is 5.15 Å². The lowest BCUT2D eigenvalue weighted by molar-refractivity contribution is -0.632. The van der Waals surface area contributed by atoms with Crippen LogP contribution in [0.4, 0.5) is 0 Å². The topological polar surface area (TPSA) is 61.3 Å². The summed E-state index contributed by atoms with van der Waals surface area (Å²) in [5, 5.41) is 17.1. The van der Waals surface area contributed by atoms with E-state index in [0.29, 0.717) is 24.2 Å². The molecule has 0 bridgehead atoms. The van der Waals surface area contributed by atoms with Crippen LogP contribution in [0, 0.1) is 6.92 Å². The van der Waals surface area contributed by atoms with E-state index in [0.717, 1.165) is 5.56 Å². The van der Waals surface area contributed by atoms with E-state index in [1.165, 1.54) is 9.08 Å². The second-order valence-corrected chi connectivity index (χ2v) is 5.82. The number of aryl methyl sites for hydroxylation is 1. The molecular formula is C17H16ClN3O2. The molecule has 0 radical (unpaired) electrons. The maximum atomic E-state index is 12.9. The number of halogens is 1. The number of fused-ring (bicyclic) bond motifs is 1. The number of hydrogen-bond donors (Lipinski definition) is 0. The van der Waals surface area contributed by atoms with Crippen LogP contribution in [0.3, 0.4) is 0 Å². The van der Waals surface area contributed by atoms with E-state index in [2.05, 4.69) is 5.10 Å². The predicted octanol–water partition coefficient (Wildman–Crippen LogP) is 1.96. The first-order valence-corrected chi connectivity index (χ1v) is 7.81. The van der Waals surface area contributed by atoms with Crippen molar-refractivity contribution in [2.24, 2.45) is 0 Å². The summed E-state index contributed by atoms with van der Waals surface area (Å²) >= 11 is 5.92. The van der Waals surface area contributed by atoms with Gasteiger partial charge in [-0.1, -0.05) is 52.3 Å². The highest BCUT2D eigenvalue weighted by Crippen LogP contribution is 2.14. The van der Waals surface area contributed by atoms with Crippen LogP contribution in [-0.4, -0.2) is 9.61 Å². The second kappa shape index (κ2) is 6.01. The fourth-order valence-corrected chi connectivity index (χ4v) is 2.72. The number of hydrogen-bond acceptors (Lipinski definition) is 3. The molecule has 1 aromatic carbocycles. The molecular weight excluding hydrogens is 314 g/mol. The van der Waals surface area contributed by atoms with Crippen LogP contribution in [0.1, 0.15) is 24.5 Å². The van der Waals surface area contributed by atoms with Gasteiger partial charge in [-0.05, 0) is 31.5 Å². The molecule has 0 aliphatic carbocycles. The molecule has 0 saturated carbocycles. The lowest BCUT2D eigenvalue weighted by Crippen LogP contribution is -2.43. The molecule has 0 saturated heterocycles. The SMILES string of the molecule is CCCc1c([O-])[n+](-c2ccc(C)cc2)c2ccc(Cl)nn2c1=O. The first kappa shape index (κ1) is 15.5. The lowest BCUT2D eigenvalue weighted by Gasteiger charge is -2.16. The highest BCUT2D eigenvalue weighted by Gasteiger charge is 2.21. The second-order valence-electron chi connectivity index (χ2n) is 5.44. The van der Waals surface area contributed by atoms with E-state index in [1.54, 1.807) is 12.1 Å². The Hall–Kier alpha value is -2.40. The maximum absolute atomic E-state index is 12.9. The Kier molecular flexibility index (Phi) is 4.05. The zero-order valence-corrected chi connectivity index (χ0v) is 13.7. The quantitative estimate of drug-likeness (QED) is 0.690. The maximum Gasteiger partial charge on any atom is 0.365 e. The largest absolute Gasteiger partial charge is 0.842 e. The summed E-state index contributed by atoms with van der Waals surface area (Å²) in [5.41, 5.74) is 2.00. The van der Waals surface area contributed by atoms with E-state index in [4.69, 9.17) is 11.6 Å². The fraction of sp³-hybridized carbons (Fsp3) is 0.235. The van der Waals surface area contributed by atoms with Crippen molar-refractivity contribution < 1.29 is 9.67 Å². The van der Waals surface area contributed by atoms with Gasteiger partial charge >= 0.3 is 11.2 Å². The Bertz CT molecular complexity index is 933. The monoisotopic (exact) mass is 329 g/mol. The first-order chi connectivity index (χ1) is 11.0. The summed E-state index contributed by atoms with van der Waals surface area (Å²) in [6.45, 7) is 3.90. The molecule has 0 spiro atoms. The minimum atomic E-state index is -0.405. The van der Waals surface area contributed by atoms with Crippen molar-refractivity contribution in [2.75, 3.05) is 0 Å². The average Bonchev–Trinajstić information content (AvgIpc) is 2.54. The van der Waals surface area contributed by atoms with Crippen LogP contribution >= 0.6 is 11.6 Å². The molecule has 5 nitrogen and oxygen atoms in total. The van der Waals surface area contributed by atoms with E-state index < -0.39 is 5.56 Å². The summed E-state index contributed by atoms with van der Waals surface area (Å²) in [6.07, 6.45) is 1.10. The molecule has 0 N–H and O–H groups in total. The van der Waals surface area contributed by atoms with Crippen LogP contribution in [-0.2, 0) is 6.42 Å². The predicted molar refractivity (Wildman–Crippen MR) is 86.2 cm³/mol. The summed E-state index contributed by atoms with van der Waals surface area (Å²) in [7, 11) is 0. The van der Waals surface area contributed by atoms with Crippen LogP contribution < -0.4 is 15.2 Å². The van der Waals surface area contributed by atoms with Crippen molar-refractivity contribution in [1.29, 1.82) is 0 Å². The molecule has 0 aliphatic rings. The Morgan fingerprint density at radius 1 is 1.22 bits per heavy atom. The first-order valence-electron chi connectivity index (χ1n) is 7.43. The fourth-order valence-electron chi connectivity index (χ4n) is 2.58. The van der Waals surface area contributed by atoms with Gasteiger partial charge in [0.15, 0.2) is 5.15 Å². The van der Waals surface area contributed by atoms with Crippen LogP contribution in [0.25, 0.3) is 11.3 Å². The van der Waals surface area contributed by atoms with Crippen molar-refractivity contribution in [3.8, 4) is 11.6 Å². The average molecular weight is 330 g/mol. The minimum Gasteiger partial charge on any atom is -0.842 e. The zero-order valence-electron chi connectivity index (χ0n) is 12.9. The summed E-state index contributed by atoms with van der Waals surface area (Å²) in [4.78, 5) is 12.6. The van der Waals surface area contributed by atoms with E-state index in [-0.39, 0.29) is 16.6 Å². The number of rotatable bonds is 3. The van der Waals surface area contributed by atoms with Crippen LogP contribution in [0.15, 0.2) is 41.2 Å². The van der Waals surface area contributed by atoms with Crippen molar-refractivity contribution in [1.82, 2.24) is 9.61 Å². The van der Waals surface area contributed by atoms with Gasteiger partial charge in [0.05, 0.1) is 11.4 Å². The minimum absolute atomic E-state index is 0.205. The molecule has 2 heterocycles. The van der Waals surface area contributed by atoms with Gasteiger partial charge in [-0.2, -0.15) is 0 Å². The summed E-state index contributed by atoms with van der Waals surface area (Å²) < 4.78 is 2.71. The molecule has 0 aliphatic heterocycles. The molecule has 3 aromatic rings. The Morgan fingerprint density at radius 2 is 1.91 bits per heavy atom. The lowest BCUT2D eigenvalue weighted by atomic mass is 10.1. The third kappa shape index (κ3) is 2.68. The number of aromatic nitrogens is 3. The van der Waals surface area contributed by atoms with Gasteiger partial charge in [0, 0.05) is 6.07 Å². The molecule has 0 amide bonds. The third-order valence-electron chi connectivity index (χ3n) is 3.72. The normalized spacial score (nSPS) is 11.1. The van der Waals surface area contributed by atoms with Gasteiger partial charge in [0.1, 0.15) is 5.69 Å².